The van der Waals surface area contributed by atoms with Crippen molar-refractivity contribution in [1.29, 1.82) is 0 Å². The molecule has 0 aliphatic rings. The number of benzene rings is 2. The number of unbranched alkanes of at least 4 members (excludes halogenated alkanes) is 2. The molecule has 0 fully saturated rings. The number of hydrogen-bond acceptors (Lipinski definition) is 2. The third-order valence-corrected chi connectivity index (χ3v) is 5.73. The minimum atomic E-state index is -0.463. The zero-order valence-corrected chi connectivity index (χ0v) is 18.0. The number of para-hydroxylation sites is 1. The number of aromatic nitrogens is 1. The minimum absolute atomic E-state index is 0.0474. The zero-order valence-electron chi connectivity index (χ0n) is 18.0. The van der Waals surface area contributed by atoms with Crippen molar-refractivity contribution < 1.29 is 5.11 Å². The van der Waals surface area contributed by atoms with Gasteiger partial charge in [-0.1, -0.05) is 86.5 Å². The fraction of sp³-hybridized carbons (Fsp3) is 0.321. The van der Waals surface area contributed by atoms with Crippen molar-refractivity contribution in [3.8, 4) is 0 Å². The molecular formula is C28H33NO. The van der Waals surface area contributed by atoms with Gasteiger partial charge >= 0.3 is 0 Å². The lowest BCUT2D eigenvalue weighted by atomic mass is 9.77. The van der Waals surface area contributed by atoms with E-state index in [9.17, 15) is 5.11 Å². The normalized spacial score (nSPS) is 14.6. The number of fused-ring (bicyclic) bond motifs is 1. The third kappa shape index (κ3) is 5.90. The summed E-state index contributed by atoms with van der Waals surface area (Å²) in [7, 11) is 0. The van der Waals surface area contributed by atoms with Crippen molar-refractivity contribution >= 4 is 10.9 Å². The lowest BCUT2D eigenvalue weighted by Crippen LogP contribution is -2.28. The van der Waals surface area contributed by atoms with Crippen LogP contribution in [0.2, 0.25) is 0 Å². The van der Waals surface area contributed by atoms with Gasteiger partial charge in [0.25, 0.3) is 0 Å². The van der Waals surface area contributed by atoms with E-state index in [0.717, 1.165) is 29.3 Å². The Hall–Kier alpha value is -2.71. The second kappa shape index (κ2) is 11.5. The van der Waals surface area contributed by atoms with Gasteiger partial charge in [0.05, 0.1) is 11.6 Å². The van der Waals surface area contributed by atoms with Gasteiger partial charge in [0.1, 0.15) is 0 Å². The van der Waals surface area contributed by atoms with Gasteiger partial charge in [-0.05, 0) is 48.4 Å². The molecule has 3 atom stereocenters. The van der Waals surface area contributed by atoms with E-state index in [1.165, 1.54) is 18.4 Å². The Morgan fingerprint density at radius 1 is 1.07 bits per heavy atom. The largest absolute Gasteiger partial charge is 0.392 e. The molecule has 0 amide bonds. The molecule has 0 spiro atoms. The summed E-state index contributed by atoms with van der Waals surface area (Å²) in [5, 5.41) is 12.2. The summed E-state index contributed by atoms with van der Waals surface area (Å²) in [6.45, 7) is 6.07. The maximum atomic E-state index is 11.1. The number of nitrogens with zero attached hydrogens (tertiary/aromatic N) is 1. The van der Waals surface area contributed by atoms with Crippen LogP contribution >= 0.6 is 0 Å². The van der Waals surface area contributed by atoms with Gasteiger partial charge in [-0.15, -0.1) is 6.58 Å². The first-order valence-corrected chi connectivity index (χ1v) is 11.1. The zero-order chi connectivity index (χ0) is 21.2. The number of aliphatic hydroxyl groups excluding tert-OH is 1. The first-order chi connectivity index (χ1) is 14.7. The number of pyridine rings is 1. The molecule has 3 rings (SSSR count). The highest BCUT2D eigenvalue weighted by molar-refractivity contribution is 5.78. The smallest absolute Gasteiger partial charge is 0.0702 e. The van der Waals surface area contributed by atoms with Crippen LogP contribution in [0, 0.1) is 5.92 Å². The van der Waals surface area contributed by atoms with Gasteiger partial charge in [-0.3, -0.25) is 4.98 Å². The van der Waals surface area contributed by atoms with E-state index < -0.39 is 6.10 Å². The van der Waals surface area contributed by atoms with Crippen molar-refractivity contribution in [2.24, 2.45) is 5.92 Å². The number of hydrogen-bond donors (Lipinski definition) is 1. The number of rotatable bonds is 11. The SMILES string of the molecule is C=CCC(O)[C@@H](Cc1cnc2ccccc2c1)[C@@H](/C=C/CCCC)c1ccccc1. The monoisotopic (exact) mass is 399 g/mol. The molecule has 0 aliphatic carbocycles. The summed E-state index contributed by atoms with van der Waals surface area (Å²) in [6, 6.07) is 20.9. The number of aliphatic hydroxyl groups is 1. The van der Waals surface area contributed by atoms with Crippen molar-refractivity contribution in [1.82, 2.24) is 4.98 Å². The van der Waals surface area contributed by atoms with Crippen LogP contribution in [0.3, 0.4) is 0 Å². The van der Waals surface area contributed by atoms with Gasteiger partial charge in [-0.25, -0.2) is 0 Å². The average molecular weight is 400 g/mol. The average Bonchev–Trinajstić information content (AvgIpc) is 2.78. The first kappa shape index (κ1) is 22.0. The summed E-state index contributed by atoms with van der Waals surface area (Å²) < 4.78 is 0. The molecule has 1 heterocycles. The summed E-state index contributed by atoms with van der Waals surface area (Å²) >= 11 is 0. The van der Waals surface area contributed by atoms with Gasteiger partial charge < -0.3 is 5.11 Å². The van der Waals surface area contributed by atoms with Crippen LogP contribution in [0.15, 0.2) is 91.7 Å². The summed E-state index contributed by atoms with van der Waals surface area (Å²) in [5.74, 6) is 0.190. The molecule has 0 aliphatic heterocycles. The van der Waals surface area contributed by atoms with E-state index >= 15 is 0 Å². The summed E-state index contributed by atoms with van der Waals surface area (Å²) in [4.78, 5) is 4.64. The van der Waals surface area contributed by atoms with Crippen molar-refractivity contribution in [3.05, 3.63) is 103 Å². The van der Waals surface area contributed by atoms with E-state index in [2.05, 4.69) is 67.0 Å². The maximum absolute atomic E-state index is 11.1. The van der Waals surface area contributed by atoms with Crippen molar-refractivity contribution in [2.75, 3.05) is 0 Å². The molecule has 3 aromatic rings. The van der Waals surface area contributed by atoms with E-state index in [0.29, 0.717) is 6.42 Å². The molecule has 1 unspecified atom stereocenters. The van der Waals surface area contributed by atoms with Crippen LogP contribution in [0.25, 0.3) is 10.9 Å². The predicted molar refractivity (Wildman–Crippen MR) is 128 cm³/mol. The first-order valence-electron chi connectivity index (χ1n) is 11.1. The highest BCUT2D eigenvalue weighted by Crippen LogP contribution is 2.33. The Morgan fingerprint density at radius 2 is 1.83 bits per heavy atom. The molecule has 2 nitrogen and oxygen atoms in total. The van der Waals surface area contributed by atoms with Gasteiger partial charge in [-0.2, -0.15) is 0 Å². The van der Waals surface area contributed by atoms with Crippen LogP contribution in [0.1, 0.15) is 49.7 Å². The fourth-order valence-electron chi connectivity index (χ4n) is 4.09. The molecule has 0 bridgehead atoms. The molecule has 156 valence electrons. The molecule has 1 aromatic heterocycles. The topological polar surface area (TPSA) is 33.1 Å². The standard InChI is InChI=1S/C28H33NO/c1-3-5-6-10-17-25(23-14-8-7-9-15-23)26(28(30)13-4-2)20-22-19-24-16-11-12-18-27(24)29-21-22/h4,7-12,14-19,21,25-26,28,30H,2-3,5-6,13,20H2,1H3/b17-10+/t25-,26-,28?/m0/s1. The molecule has 2 aromatic carbocycles. The lowest BCUT2D eigenvalue weighted by molar-refractivity contribution is 0.102. The van der Waals surface area contributed by atoms with Gasteiger partial charge in [0.2, 0.25) is 0 Å². The van der Waals surface area contributed by atoms with Crippen LogP contribution in [0.4, 0.5) is 0 Å². The van der Waals surface area contributed by atoms with Crippen molar-refractivity contribution in [3.63, 3.8) is 0 Å². The predicted octanol–water partition coefficient (Wildman–Crippen LogP) is 6.86. The van der Waals surface area contributed by atoms with Crippen molar-refractivity contribution in [2.45, 2.75) is 51.0 Å². The lowest BCUT2D eigenvalue weighted by Gasteiger charge is -2.29. The molecule has 0 saturated heterocycles. The summed E-state index contributed by atoms with van der Waals surface area (Å²) in [6.07, 6.45) is 12.7. The van der Waals surface area contributed by atoms with Crippen LogP contribution < -0.4 is 0 Å². The van der Waals surface area contributed by atoms with Gasteiger partial charge in [0.15, 0.2) is 0 Å². The highest BCUT2D eigenvalue weighted by Gasteiger charge is 2.27. The van der Waals surface area contributed by atoms with Crippen LogP contribution in [-0.2, 0) is 6.42 Å². The molecule has 0 radical (unpaired) electrons. The maximum Gasteiger partial charge on any atom is 0.0702 e. The second-order valence-corrected chi connectivity index (χ2v) is 8.00. The Morgan fingerprint density at radius 3 is 2.60 bits per heavy atom. The Labute approximate surface area is 181 Å². The van der Waals surface area contributed by atoms with E-state index in [-0.39, 0.29) is 11.8 Å². The fourth-order valence-corrected chi connectivity index (χ4v) is 4.09. The Kier molecular flexibility index (Phi) is 8.41. The minimum Gasteiger partial charge on any atom is -0.392 e. The van der Waals surface area contributed by atoms with Crippen LogP contribution in [-0.4, -0.2) is 16.2 Å². The molecule has 2 heteroatoms. The summed E-state index contributed by atoms with van der Waals surface area (Å²) in [5.41, 5.74) is 3.40. The second-order valence-electron chi connectivity index (χ2n) is 8.00. The highest BCUT2D eigenvalue weighted by atomic mass is 16.3. The van der Waals surface area contributed by atoms with E-state index in [1.807, 2.05) is 36.5 Å². The quantitative estimate of drug-likeness (QED) is 0.282. The molecule has 0 saturated carbocycles. The van der Waals surface area contributed by atoms with Crippen LogP contribution in [0.5, 0.6) is 0 Å². The molecule has 1 N–H and O–H groups in total. The van der Waals surface area contributed by atoms with E-state index in [1.54, 1.807) is 0 Å². The third-order valence-electron chi connectivity index (χ3n) is 5.73. The van der Waals surface area contributed by atoms with E-state index in [4.69, 9.17) is 0 Å². The molecule has 30 heavy (non-hydrogen) atoms. The molecular weight excluding hydrogens is 366 g/mol. The Balaban J connectivity index is 1.94. The number of allylic oxidation sites excluding steroid dienone is 2. The van der Waals surface area contributed by atoms with Gasteiger partial charge in [0, 0.05) is 17.5 Å². The Bertz CT molecular complexity index is 947.